The Labute approximate surface area is 126 Å². The first kappa shape index (κ1) is 16.0. The van der Waals surface area contributed by atoms with Crippen LogP contribution < -0.4 is 5.32 Å². The topological polar surface area (TPSA) is 63.2 Å². The predicted octanol–water partition coefficient (Wildman–Crippen LogP) is 1.87. The normalized spacial score (nSPS) is 19.9. The molecule has 0 aromatic heterocycles. The Hall–Kier alpha value is -1.36. The van der Waals surface area contributed by atoms with E-state index in [9.17, 15) is 13.2 Å². The van der Waals surface area contributed by atoms with Gasteiger partial charge in [-0.25, -0.2) is 8.42 Å². The second kappa shape index (κ2) is 6.60. The summed E-state index contributed by atoms with van der Waals surface area (Å²) in [5.41, 5.74) is 2.36. The molecule has 0 saturated carbocycles. The number of aryl methyl sites for hydroxylation is 1. The molecule has 0 radical (unpaired) electrons. The molecule has 1 unspecified atom stereocenters. The SMILES string of the molecule is Cc1ccc(CC(C)C(=O)NC2CCS(=O)(=O)CC2)cc1. The van der Waals surface area contributed by atoms with Gasteiger partial charge < -0.3 is 5.32 Å². The van der Waals surface area contributed by atoms with Crippen LogP contribution in [0.15, 0.2) is 24.3 Å². The van der Waals surface area contributed by atoms with Crippen molar-refractivity contribution in [1.29, 1.82) is 0 Å². The minimum atomic E-state index is -2.88. The lowest BCUT2D eigenvalue weighted by Crippen LogP contribution is -2.43. The lowest BCUT2D eigenvalue weighted by atomic mass is 9.99. The van der Waals surface area contributed by atoms with Gasteiger partial charge in [0, 0.05) is 12.0 Å². The molecule has 0 bridgehead atoms. The first-order chi connectivity index (χ1) is 9.85. The molecule has 1 heterocycles. The summed E-state index contributed by atoms with van der Waals surface area (Å²) in [5.74, 6) is 0.278. The molecule has 1 aliphatic heterocycles. The first-order valence-corrected chi connectivity index (χ1v) is 9.24. The van der Waals surface area contributed by atoms with Gasteiger partial charge >= 0.3 is 0 Å². The van der Waals surface area contributed by atoms with Crippen LogP contribution in [0.2, 0.25) is 0 Å². The fourth-order valence-electron chi connectivity index (χ4n) is 2.55. The van der Waals surface area contributed by atoms with Crippen LogP contribution in [0.25, 0.3) is 0 Å². The zero-order valence-electron chi connectivity index (χ0n) is 12.6. The van der Waals surface area contributed by atoms with Crippen molar-refractivity contribution in [3.8, 4) is 0 Å². The quantitative estimate of drug-likeness (QED) is 0.923. The molecule has 2 rings (SSSR count). The number of sulfone groups is 1. The van der Waals surface area contributed by atoms with Crippen molar-refractivity contribution in [1.82, 2.24) is 5.32 Å². The van der Waals surface area contributed by atoms with E-state index in [1.54, 1.807) is 0 Å². The van der Waals surface area contributed by atoms with Crippen LogP contribution in [0.3, 0.4) is 0 Å². The number of carbonyl (C=O) groups is 1. The zero-order chi connectivity index (χ0) is 15.5. The number of hydrogen-bond acceptors (Lipinski definition) is 3. The van der Waals surface area contributed by atoms with Gasteiger partial charge in [0.15, 0.2) is 0 Å². The summed E-state index contributed by atoms with van der Waals surface area (Å²) in [6, 6.07) is 8.19. The van der Waals surface area contributed by atoms with Crippen LogP contribution in [0.4, 0.5) is 0 Å². The van der Waals surface area contributed by atoms with Crippen molar-refractivity contribution in [2.75, 3.05) is 11.5 Å². The van der Waals surface area contributed by atoms with E-state index < -0.39 is 9.84 Å². The molecule has 5 heteroatoms. The number of nitrogens with one attached hydrogen (secondary N) is 1. The third kappa shape index (κ3) is 4.84. The van der Waals surface area contributed by atoms with Crippen molar-refractivity contribution >= 4 is 15.7 Å². The molecule has 0 spiro atoms. The van der Waals surface area contributed by atoms with Crippen molar-refractivity contribution < 1.29 is 13.2 Å². The minimum Gasteiger partial charge on any atom is -0.353 e. The van der Waals surface area contributed by atoms with E-state index in [0.717, 1.165) is 5.56 Å². The smallest absolute Gasteiger partial charge is 0.223 e. The number of benzene rings is 1. The van der Waals surface area contributed by atoms with E-state index in [0.29, 0.717) is 19.3 Å². The van der Waals surface area contributed by atoms with Crippen molar-refractivity contribution in [3.05, 3.63) is 35.4 Å². The first-order valence-electron chi connectivity index (χ1n) is 7.42. The highest BCUT2D eigenvalue weighted by atomic mass is 32.2. The van der Waals surface area contributed by atoms with E-state index >= 15 is 0 Å². The van der Waals surface area contributed by atoms with E-state index in [1.165, 1.54) is 5.56 Å². The van der Waals surface area contributed by atoms with Crippen LogP contribution in [-0.4, -0.2) is 31.9 Å². The molecule has 1 saturated heterocycles. The maximum atomic E-state index is 12.2. The molecular formula is C16H23NO3S. The highest BCUT2D eigenvalue weighted by Crippen LogP contribution is 2.14. The third-order valence-corrected chi connectivity index (χ3v) is 5.73. The highest BCUT2D eigenvalue weighted by molar-refractivity contribution is 7.91. The average Bonchev–Trinajstić information content (AvgIpc) is 2.43. The molecule has 21 heavy (non-hydrogen) atoms. The number of rotatable bonds is 4. The standard InChI is InChI=1S/C16H23NO3S/c1-12-3-5-14(6-4-12)11-13(2)16(18)17-15-7-9-21(19,20)10-8-15/h3-6,13,15H,7-11H2,1-2H3,(H,17,18). The predicted molar refractivity (Wildman–Crippen MR) is 83.9 cm³/mol. The summed E-state index contributed by atoms with van der Waals surface area (Å²) in [6.07, 6.45) is 1.77. The van der Waals surface area contributed by atoms with Crippen molar-refractivity contribution in [2.45, 2.75) is 39.2 Å². The zero-order valence-corrected chi connectivity index (χ0v) is 13.4. The van der Waals surface area contributed by atoms with Gasteiger partial charge in [-0.2, -0.15) is 0 Å². The molecule has 1 aliphatic rings. The Bertz CT molecular complexity index is 578. The van der Waals surface area contributed by atoms with Gasteiger partial charge in [0.25, 0.3) is 0 Å². The van der Waals surface area contributed by atoms with Gasteiger partial charge in [-0.05, 0) is 31.7 Å². The van der Waals surface area contributed by atoms with Crippen LogP contribution >= 0.6 is 0 Å². The molecule has 1 fully saturated rings. The molecule has 0 aliphatic carbocycles. The minimum absolute atomic E-state index is 0.00138. The Balaban J connectivity index is 1.84. The largest absolute Gasteiger partial charge is 0.353 e. The summed E-state index contributed by atoms with van der Waals surface area (Å²) in [5, 5.41) is 2.98. The maximum absolute atomic E-state index is 12.2. The Morgan fingerprint density at radius 2 is 1.81 bits per heavy atom. The maximum Gasteiger partial charge on any atom is 0.223 e. The van der Waals surface area contributed by atoms with Gasteiger partial charge in [-0.3, -0.25) is 4.79 Å². The second-order valence-electron chi connectivity index (χ2n) is 6.03. The summed E-state index contributed by atoms with van der Waals surface area (Å²) in [6.45, 7) is 3.95. The average molecular weight is 309 g/mol. The molecular weight excluding hydrogens is 286 g/mol. The lowest BCUT2D eigenvalue weighted by molar-refractivity contribution is -0.125. The molecule has 1 N–H and O–H groups in total. The van der Waals surface area contributed by atoms with Gasteiger partial charge in [0.05, 0.1) is 11.5 Å². The molecule has 1 atom stereocenters. The van der Waals surface area contributed by atoms with Crippen LogP contribution in [0, 0.1) is 12.8 Å². The van der Waals surface area contributed by atoms with Gasteiger partial charge in [-0.15, -0.1) is 0 Å². The molecule has 1 aromatic rings. The summed E-state index contributed by atoms with van der Waals surface area (Å²) in [7, 11) is -2.88. The number of carbonyl (C=O) groups excluding carboxylic acids is 1. The van der Waals surface area contributed by atoms with Crippen LogP contribution in [0.1, 0.15) is 30.9 Å². The number of hydrogen-bond donors (Lipinski definition) is 1. The van der Waals surface area contributed by atoms with Crippen LogP contribution in [-0.2, 0) is 21.1 Å². The number of amides is 1. The van der Waals surface area contributed by atoms with Crippen molar-refractivity contribution in [3.63, 3.8) is 0 Å². The fourth-order valence-corrected chi connectivity index (χ4v) is 4.04. The highest BCUT2D eigenvalue weighted by Gasteiger charge is 2.25. The molecule has 4 nitrogen and oxygen atoms in total. The van der Waals surface area contributed by atoms with Gasteiger partial charge in [0.2, 0.25) is 5.91 Å². The van der Waals surface area contributed by atoms with Crippen molar-refractivity contribution in [2.24, 2.45) is 5.92 Å². The van der Waals surface area contributed by atoms with E-state index in [-0.39, 0.29) is 29.4 Å². The Morgan fingerprint density at radius 3 is 2.38 bits per heavy atom. The summed E-state index contributed by atoms with van der Waals surface area (Å²) < 4.78 is 22.7. The monoisotopic (exact) mass is 309 g/mol. The van der Waals surface area contributed by atoms with E-state index in [4.69, 9.17) is 0 Å². The van der Waals surface area contributed by atoms with E-state index in [2.05, 4.69) is 5.32 Å². The summed E-state index contributed by atoms with van der Waals surface area (Å²) in [4.78, 5) is 12.2. The molecule has 116 valence electrons. The third-order valence-electron chi connectivity index (χ3n) is 4.01. The van der Waals surface area contributed by atoms with Gasteiger partial charge in [-0.1, -0.05) is 36.8 Å². The molecule has 1 aromatic carbocycles. The van der Waals surface area contributed by atoms with Gasteiger partial charge in [0.1, 0.15) is 9.84 Å². The second-order valence-corrected chi connectivity index (χ2v) is 8.33. The Morgan fingerprint density at radius 1 is 1.24 bits per heavy atom. The fraction of sp³-hybridized carbons (Fsp3) is 0.562. The molecule has 1 amide bonds. The lowest BCUT2D eigenvalue weighted by Gasteiger charge is -2.24. The van der Waals surface area contributed by atoms with Crippen LogP contribution in [0.5, 0.6) is 0 Å². The Kier molecular flexibility index (Phi) is 5.04. The summed E-state index contributed by atoms with van der Waals surface area (Å²) >= 11 is 0. The van der Waals surface area contributed by atoms with E-state index in [1.807, 2.05) is 38.1 Å².